The number of halogens is 4. The van der Waals surface area contributed by atoms with Gasteiger partial charge in [-0.15, -0.1) is 13.2 Å². The first-order chi connectivity index (χ1) is 18.4. The van der Waals surface area contributed by atoms with Gasteiger partial charge in [-0.2, -0.15) is 0 Å². The van der Waals surface area contributed by atoms with E-state index >= 15 is 0 Å². The van der Waals surface area contributed by atoms with Gasteiger partial charge in [0.05, 0.1) is 16.4 Å². The maximum Gasteiger partial charge on any atom is 0.573 e. The maximum atomic E-state index is 12.4. The van der Waals surface area contributed by atoms with E-state index < -0.39 is 12.4 Å². The molecule has 0 saturated heterocycles. The van der Waals surface area contributed by atoms with Gasteiger partial charge in [0.2, 0.25) is 0 Å². The third kappa shape index (κ3) is 9.27. The molecule has 204 valence electrons. The molecule has 0 heterocycles. The topological polar surface area (TPSA) is 113 Å². The minimum atomic E-state index is -4.77. The molecule has 3 aromatic rings. The fourth-order valence-electron chi connectivity index (χ4n) is 3.25. The quantitative estimate of drug-likeness (QED) is 0.138. The highest BCUT2D eigenvalue weighted by Gasteiger charge is 2.30. The van der Waals surface area contributed by atoms with Crippen molar-refractivity contribution in [2.75, 3.05) is 10.6 Å². The van der Waals surface area contributed by atoms with Crippen LogP contribution in [-0.4, -0.2) is 29.7 Å². The zero-order valence-corrected chi connectivity index (χ0v) is 22.3. The van der Waals surface area contributed by atoms with E-state index in [0.29, 0.717) is 27.6 Å². The number of hydrogen-bond acceptors (Lipinski definition) is 4. The second-order valence-corrected chi connectivity index (χ2v) is 9.09. The van der Waals surface area contributed by atoms with Crippen LogP contribution in [0, 0.1) is 0 Å². The summed E-state index contributed by atoms with van der Waals surface area (Å²) in [6, 6.07) is 16.4. The molecule has 8 nitrogen and oxygen atoms in total. The number of urea groups is 1. The van der Waals surface area contributed by atoms with E-state index in [0.717, 1.165) is 17.7 Å². The Morgan fingerprint density at radius 3 is 2.33 bits per heavy atom. The van der Waals surface area contributed by atoms with E-state index in [1.54, 1.807) is 30.3 Å². The number of thiocarbonyl (C=S) groups is 1. The molecular formula is C26H24ClF3N6O2S. The molecular weight excluding hydrogens is 553 g/mol. The smallest absolute Gasteiger partial charge is 0.406 e. The van der Waals surface area contributed by atoms with Gasteiger partial charge >= 0.3 is 12.4 Å². The van der Waals surface area contributed by atoms with Crippen molar-refractivity contribution in [3.63, 3.8) is 0 Å². The van der Waals surface area contributed by atoms with Gasteiger partial charge in [-0.25, -0.2) is 14.8 Å². The second kappa shape index (κ2) is 13.1. The Kier molecular flexibility index (Phi) is 9.85. The summed E-state index contributed by atoms with van der Waals surface area (Å²) < 4.78 is 40.5. The lowest BCUT2D eigenvalue weighted by Gasteiger charge is -2.17. The summed E-state index contributed by atoms with van der Waals surface area (Å²) in [7, 11) is 0. The highest BCUT2D eigenvalue weighted by atomic mass is 35.5. The predicted octanol–water partition coefficient (Wildman–Crippen LogP) is 6.95. The number of nitrogens with two attached hydrogens (primary N) is 1. The van der Waals surface area contributed by atoms with Crippen LogP contribution in [0.5, 0.6) is 5.75 Å². The van der Waals surface area contributed by atoms with Gasteiger partial charge in [-0.05, 0) is 78.3 Å². The zero-order chi connectivity index (χ0) is 28.6. The number of carbonyl (C=O) groups excluding carboxylic acids is 1. The number of ether oxygens (including phenoxy) is 1. The van der Waals surface area contributed by atoms with Crippen molar-refractivity contribution in [1.29, 1.82) is 0 Å². The van der Waals surface area contributed by atoms with Crippen LogP contribution in [-0.2, 0) is 0 Å². The number of nitrogens with one attached hydrogen (secondary N) is 3. The van der Waals surface area contributed by atoms with Gasteiger partial charge in [0, 0.05) is 11.3 Å². The number of anilines is 2. The maximum absolute atomic E-state index is 12.4. The lowest BCUT2D eigenvalue weighted by atomic mass is 10.0. The van der Waals surface area contributed by atoms with Crippen molar-refractivity contribution in [2.24, 2.45) is 15.7 Å². The third-order valence-corrected chi connectivity index (χ3v) is 5.56. The van der Waals surface area contributed by atoms with E-state index in [-0.39, 0.29) is 22.6 Å². The van der Waals surface area contributed by atoms with Crippen LogP contribution in [0.1, 0.15) is 30.9 Å². The minimum absolute atomic E-state index is 0.0808. The van der Waals surface area contributed by atoms with Gasteiger partial charge in [0.1, 0.15) is 17.9 Å². The van der Waals surface area contributed by atoms with Crippen LogP contribution in [0.25, 0.3) is 0 Å². The molecule has 39 heavy (non-hydrogen) atoms. The van der Waals surface area contributed by atoms with Crippen molar-refractivity contribution >= 4 is 64.2 Å². The van der Waals surface area contributed by atoms with Crippen LogP contribution in [0.4, 0.5) is 35.0 Å². The lowest BCUT2D eigenvalue weighted by molar-refractivity contribution is -0.274. The van der Waals surface area contributed by atoms with Crippen LogP contribution >= 0.6 is 23.8 Å². The Balaban J connectivity index is 1.54. The first-order valence-corrected chi connectivity index (χ1v) is 12.2. The number of amidine groups is 1. The number of hydrogen-bond donors (Lipinski definition) is 4. The predicted molar refractivity (Wildman–Crippen MR) is 152 cm³/mol. The first kappa shape index (κ1) is 29.4. The summed E-state index contributed by atoms with van der Waals surface area (Å²) in [4.78, 5) is 20.4. The van der Waals surface area contributed by atoms with Crippen molar-refractivity contribution < 1.29 is 22.7 Å². The number of rotatable bonds is 7. The number of benzene rings is 3. The van der Waals surface area contributed by atoms with Crippen molar-refractivity contribution in [2.45, 2.75) is 26.1 Å². The standard InChI is InChI=1S/C26H24ClF3N6O2S/c1-15(2)20-4-3-5-21(27)22(20)35-25(39)36-24(37)34-18-8-6-16(7-9-18)23(31)33-14-32-17-10-12-19(13-11-17)38-26(28,29)30/h3-15H,1-2H3,(H2,31,32,33)(H3,34,35,36,37,39). The lowest BCUT2D eigenvalue weighted by Crippen LogP contribution is -2.37. The van der Waals surface area contributed by atoms with E-state index in [2.05, 4.69) is 30.7 Å². The molecule has 0 unspecified atom stereocenters. The monoisotopic (exact) mass is 576 g/mol. The Morgan fingerprint density at radius 1 is 1.05 bits per heavy atom. The number of nitrogens with zero attached hydrogens (tertiary/aromatic N) is 2. The number of carbonyl (C=O) groups is 1. The van der Waals surface area contributed by atoms with E-state index in [1.165, 1.54) is 18.5 Å². The molecule has 0 aliphatic heterocycles. The second-order valence-electron chi connectivity index (χ2n) is 8.27. The molecule has 0 atom stereocenters. The molecule has 0 spiro atoms. The summed E-state index contributed by atoms with van der Waals surface area (Å²) in [5.41, 5.74) is 8.94. The Hall–Kier alpha value is -4.16. The highest BCUT2D eigenvalue weighted by molar-refractivity contribution is 7.80. The Bertz CT molecular complexity index is 1380. The SMILES string of the molecule is CC(C)c1cccc(Cl)c1NC(=S)NC(=O)Nc1ccc(C(N)=NC=Nc2ccc(OC(F)(F)F)cc2)cc1. The molecule has 5 N–H and O–H groups in total. The summed E-state index contributed by atoms with van der Waals surface area (Å²) in [6.07, 6.45) is -3.59. The highest BCUT2D eigenvalue weighted by Crippen LogP contribution is 2.31. The Labute approximate surface area is 233 Å². The number of aliphatic imine (C=N–C) groups is 2. The van der Waals surface area contributed by atoms with Gasteiger partial charge in [-0.1, -0.05) is 37.6 Å². The summed E-state index contributed by atoms with van der Waals surface area (Å²) in [5.74, 6) is -0.0273. The molecule has 0 aromatic heterocycles. The molecule has 0 saturated carbocycles. The average molecular weight is 577 g/mol. The van der Waals surface area contributed by atoms with Gasteiger partial charge in [0.15, 0.2) is 5.11 Å². The van der Waals surface area contributed by atoms with E-state index in [4.69, 9.17) is 29.6 Å². The molecule has 13 heteroatoms. The van der Waals surface area contributed by atoms with Gasteiger partial charge in [0.25, 0.3) is 0 Å². The molecule has 0 bridgehead atoms. The molecule has 0 radical (unpaired) electrons. The Morgan fingerprint density at radius 2 is 1.72 bits per heavy atom. The minimum Gasteiger partial charge on any atom is -0.406 e. The average Bonchev–Trinajstić information content (AvgIpc) is 2.85. The third-order valence-electron chi connectivity index (χ3n) is 5.05. The van der Waals surface area contributed by atoms with E-state index in [1.807, 2.05) is 26.0 Å². The van der Waals surface area contributed by atoms with Crippen LogP contribution in [0.2, 0.25) is 5.02 Å². The van der Waals surface area contributed by atoms with Gasteiger partial charge < -0.3 is 21.1 Å². The normalized spacial score (nSPS) is 11.9. The molecule has 0 fully saturated rings. The summed E-state index contributed by atoms with van der Waals surface area (Å²) in [6.45, 7) is 4.04. The molecule has 0 aliphatic rings. The molecule has 0 aliphatic carbocycles. The van der Waals surface area contributed by atoms with Crippen LogP contribution in [0.15, 0.2) is 76.7 Å². The van der Waals surface area contributed by atoms with Crippen LogP contribution < -0.4 is 26.4 Å². The van der Waals surface area contributed by atoms with Gasteiger partial charge in [-0.3, -0.25) is 5.32 Å². The first-order valence-electron chi connectivity index (χ1n) is 11.4. The fourth-order valence-corrected chi connectivity index (χ4v) is 3.68. The number of amides is 2. The van der Waals surface area contributed by atoms with Crippen molar-refractivity contribution in [1.82, 2.24) is 5.32 Å². The largest absolute Gasteiger partial charge is 0.573 e. The molecule has 2 amide bonds. The number of alkyl halides is 3. The number of para-hydroxylation sites is 1. The van der Waals surface area contributed by atoms with E-state index in [9.17, 15) is 18.0 Å². The van der Waals surface area contributed by atoms with Crippen LogP contribution in [0.3, 0.4) is 0 Å². The fraction of sp³-hybridized carbons (Fsp3) is 0.154. The van der Waals surface area contributed by atoms with Crippen molar-refractivity contribution in [3.05, 3.63) is 82.9 Å². The zero-order valence-electron chi connectivity index (χ0n) is 20.7. The molecule has 3 rings (SSSR count). The summed E-state index contributed by atoms with van der Waals surface area (Å²) >= 11 is 11.5. The van der Waals surface area contributed by atoms with Crippen molar-refractivity contribution in [3.8, 4) is 5.75 Å². The summed E-state index contributed by atoms with van der Waals surface area (Å²) in [5, 5.41) is 8.75. The molecule has 3 aromatic carbocycles.